The van der Waals surface area contributed by atoms with Crippen LogP contribution in [0.1, 0.15) is 67.9 Å². The molecule has 2 aromatic heterocycles. The maximum atomic E-state index is 13.1. The molecule has 1 saturated heterocycles. The third kappa shape index (κ3) is 4.77. The van der Waals surface area contributed by atoms with Crippen LogP contribution in [0.15, 0.2) is 12.1 Å². The molecular formula is C22H32F3N5O2S. The molecule has 1 aliphatic carbocycles. The molecular weight excluding hydrogens is 455 g/mol. The number of fused-ring (bicyclic) bond motifs is 1. The lowest BCUT2D eigenvalue weighted by molar-refractivity contribution is -0.182. The first-order chi connectivity index (χ1) is 15.4. The van der Waals surface area contributed by atoms with Crippen molar-refractivity contribution in [1.29, 1.82) is 0 Å². The van der Waals surface area contributed by atoms with E-state index in [-0.39, 0.29) is 30.6 Å². The van der Waals surface area contributed by atoms with Crippen LogP contribution in [0, 0.1) is 18.8 Å². The second-order valence-corrected chi connectivity index (χ2v) is 11.9. The van der Waals surface area contributed by atoms with Gasteiger partial charge >= 0.3 is 6.18 Å². The maximum Gasteiger partial charge on any atom is 0.391 e. The average Bonchev–Trinajstić information content (AvgIpc) is 3.16. The number of hydrogen-bond donors (Lipinski definition) is 0. The van der Waals surface area contributed by atoms with E-state index in [1.807, 2.05) is 19.1 Å². The SMILES string of the molecule is Cc1cc([C@H]2CN(S(=O)(=O)N(C)C)CC[C@@H]2C)n2nc(C3CCC(C(F)(F)F)CC3)cc2n1. The number of alkyl halides is 3. The van der Waals surface area contributed by atoms with Gasteiger partial charge in [-0.05, 0) is 51.0 Å². The quantitative estimate of drug-likeness (QED) is 0.651. The second kappa shape index (κ2) is 8.81. The molecule has 0 bridgehead atoms. The number of aromatic nitrogens is 3. The predicted molar refractivity (Wildman–Crippen MR) is 119 cm³/mol. The molecule has 2 atom stereocenters. The van der Waals surface area contributed by atoms with Gasteiger partial charge in [0.25, 0.3) is 10.2 Å². The topological polar surface area (TPSA) is 70.8 Å². The second-order valence-electron chi connectivity index (χ2n) is 9.77. The highest BCUT2D eigenvalue weighted by atomic mass is 32.2. The van der Waals surface area contributed by atoms with Crippen LogP contribution in [0.4, 0.5) is 13.2 Å². The fourth-order valence-electron chi connectivity index (χ4n) is 5.19. The van der Waals surface area contributed by atoms with Crippen molar-refractivity contribution in [1.82, 2.24) is 23.2 Å². The van der Waals surface area contributed by atoms with E-state index in [9.17, 15) is 21.6 Å². The highest BCUT2D eigenvalue weighted by molar-refractivity contribution is 7.86. The smallest absolute Gasteiger partial charge is 0.234 e. The summed E-state index contributed by atoms with van der Waals surface area (Å²) in [6.45, 7) is 4.84. The Bertz CT molecular complexity index is 1110. The first-order valence-electron chi connectivity index (χ1n) is 11.5. The lowest BCUT2D eigenvalue weighted by Crippen LogP contribution is -2.47. The van der Waals surface area contributed by atoms with E-state index in [0.717, 1.165) is 23.5 Å². The summed E-state index contributed by atoms with van der Waals surface area (Å²) in [7, 11) is -0.463. The highest BCUT2D eigenvalue weighted by Crippen LogP contribution is 2.43. The Balaban J connectivity index is 1.64. The highest BCUT2D eigenvalue weighted by Gasteiger charge is 2.42. The molecule has 2 aromatic rings. The zero-order valence-electron chi connectivity index (χ0n) is 19.5. The molecule has 0 amide bonds. The van der Waals surface area contributed by atoms with Crippen molar-refractivity contribution in [3.8, 4) is 0 Å². The Labute approximate surface area is 193 Å². The zero-order chi connectivity index (χ0) is 24.1. The number of hydrogen-bond acceptors (Lipinski definition) is 4. The molecule has 0 unspecified atom stereocenters. The summed E-state index contributed by atoms with van der Waals surface area (Å²) in [5.41, 5.74) is 3.15. The van der Waals surface area contributed by atoms with E-state index < -0.39 is 22.3 Å². The van der Waals surface area contributed by atoms with Crippen LogP contribution < -0.4 is 0 Å². The van der Waals surface area contributed by atoms with Crippen LogP contribution in [0.3, 0.4) is 0 Å². The van der Waals surface area contributed by atoms with Gasteiger partial charge in [0.1, 0.15) is 0 Å². The van der Waals surface area contributed by atoms with Crippen LogP contribution in [-0.2, 0) is 10.2 Å². The summed E-state index contributed by atoms with van der Waals surface area (Å²) in [5.74, 6) is -1.06. The van der Waals surface area contributed by atoms with Gasteiger partial charge in [-0.15, -0.1) is 0 Å². The van der Waals surface area contributed by atoms with E-state index in [1.165, 1.54) is 22.7 Å². The van der Waals surface area contributed by atoms with Crippen molar-refractivity contribution in [2.45, 2.75) is 64.0 Å². The third-order valence-corrected chi connectivity index (χ3v) is 9.21. The minimum absolute atomic E-state index is 0.0205. The molecule has 1 saturated carbocycles. The van der Waals surface area contributed by atoms with Crippen molar-refractivity contribution in [3.05, 3.63) is 29.2 Å². The summed E-state index contributed by atoms with van der Waals surface area (Å²) >= 11 is 0. The van der Waals surface area contributed by atoms with Gasteiger partial charge in [0, 0.05) is 50.8 Å². The zero-order valence-corrected chi connectivity index (χ0v) is 20.3. The van der Waals surface area contributed by atoms with E-state index in [2.05, 4.69) is 11.9 Å². The monoisotopic (exact) mass is 487 g/mol. The van der Waals surface area contributed by atoms with E-state index in [0.29, 0.717) is 31.6 Å². The summed E-state index contributed by atoms with van der Waals surface area (Å²) in [5, 5.41) is 4.79. The number of piperidine rings is 1. The largest absolute Gasteiger partial charge is 0.391 e. The molecule has 33 heavy (non-hydrogen) atoms. The molecule has 0 aromatic carbocycles. The minimum atomic E-state index is -4.13. The normalized spacial score (nSPS) is 28.0. The molecule has 4 rings (SSSR count). The van der Waals surface area contributed by atoms with Gasteiger partial charge in [0.15, 0.2) is 5.65 Å². The molecule has 1 aliphatic heterocycles. The van der Waals surface area contributed by atoms with Crippen LogP contribution in [-0.4, -0.2) is 65.0 Å². The third-order valence-electron chi connectivity index (χ3n) is 7.30. The van der Waals surface area contributed by atoms with Crippen molar-refractivity contribution < 1.29 is 21.6 Å². The Morgan fingerprint density at radius 2 is 1.76 bits per heavy atom. The van der Waals surface area contributed by atoms with Crippen LogP contribution in [0.25, 0.3) is 5.65 Å². The van der Waals surface area contributed by atoms with Crippen molar-refractivity contribution in [2.75, 3.05) is 27.2 Å². The lowest BCUT2D eigenvalue weighted by Gasteiger charge is -2.37. The van der Waals surface area contributed by atoms with E-state index >= 15 is 0 Å². The average molecular weight is 488 g/mol. The summed E-state index contributed by atoms with van der Waals surface area (Å²) in [6.07, 6.45) is -2.24. The number of halogens is 3. The molecule has 184 valence electrons. The molecule has 0 spiro atoms. The fourth-order valence-corrected chi connectivity index (χ4v) is 6.34. The van der Waals surface area contributed by atoms with Crippen LogP contribution >= 0.6 is 0 Å². The molecule has 0 radical (unpaired) electrons. The van der Waals surface area contributed by atoms with E-state index in [1.54, 1.807) is 4.52 Å². The predicted octanol–water partition coefficient (Wildman–Crippen LogP) is 4.11. The van der Waals surface area contributed by atoms with Gasteiger partial charge in [-0.2, -0.15) is 35.3 Å². The number of aryl methyl sites for hydroxylation is 1. The van der Waals surface area contributed by atoms with Crippen molar-refractivity contribution in [2.24, 2.45) is 11.8 Å². The first-order valence-corrected chi connectivity index (χ1v) is 12.9. The number of rotatable bonds is 4. The Morgan fingerprint density at radius 3 is 2.36 bits per heavy atom. The molecule has 7 nitrogen and oxygen atoms in total. The minimum Gasteiger partial charge on any atom is -0.234 e. The van der Waals surface area contributed by atoms with Gasteiger partial charge in [0.05, 0.1) is 17.3 Å². The van der Waals surface area contributed by atoms with Crippen LogP contribution in [0.2, 0.25) is 0 Å². The van der Waals surface area contributed by atoms with Crippen molar-refractivity contribution in [3.63, 3.8) is 0 Å². The summed E-state index contributed by atoms with van der Waals surface area (Å²) in [4.78, 5) is 4.60. The van der Waals surface area contributed by atoms with Crippen molar-refractivity contribution >= 4 is 15.9 Å². The maximum absolute atomic E-state index is 13.1. The Kier molecular flexibility index (Phi) is 6.52. The molecule has 11 heteroatoms. The first kappa shape index (κ1) is 24.4. The van der Waals surface area contributed by atoms with Gasteiger partial charge in [-0.25, -0.2) is 9.50 Å². The Morgan fingerprint density at radius 1 is 1.09 bits per heavy atom. The molecule has 2 fully saturated rings. The number of nitrogens with zero attached hydrogens (tertiary/aromatic N) is 5. The van der Waals surface area contributed by atoms with Gasteiger partial charge in [-0.3, -0.25) is 0 Å². The summed E-state index contributed by atoms with van der Waals surface area (Å²) < 4.78 is 69.2. The molecule has 0 N–H and O–H groups in total. The Hall–Kier alpha value is -1.72. The van der Waals surface area contributed by atoms with Gasteiger partial charge < -0.3 is 0 Å². The molecule has 3 heterocycles. The van der Waals surface area contributed by atoms with Crippen LogP contribution in [0.5, 0.6) is 0 Å². The lowest BCUT2D eigenvalue weighted by atomic mass is 9.80. The fraction of sp³-hybridized carbons (Fsp3) is 0.727. The van der Waals surface area contributed by atoms with Gasteiger partial charge in [0.2, 0.25) is 0 Å². The summed E-state index contributed by atoms with van der Waals surface area (Å²) in [6, 6.07) is 3.84. The van der Waals surface area contributed by atoms with E-state index in [4.69, 9.17) is 5.10 Å². The molecule has 2 aliphatic rings. The van der Waals surface area contributed by atoms with Gasteiger partial charge in [-0.1, -0.05) is 6.92 Å². The standard InChI is InChI=1S/C22H32F3N5O2S/c1-14-9-10-29(33(31,32)28(3)4)13-18(14)20-11-15(2)26-21-12-19(27-30(20)21)16-5-7-17(8-6-16)22(23,24)25/h11-12,14,16-18H,5-10,13H2,1-4H3/t14-,16?,17?,18-/m0/s1.